The molecule has 26 heavy (non-hydrogen) atoms. The molecule has 1 heterocycles. The van der Waals surface area contributed by atoms with E-state index in [9.17, 15) is 0 Å². The number of ether oxygens (including phenoxy) is 1. The fourth-order valence-corrected chi connectivity index (χ4v) is 2.41. The Morgan fingerprint density at radius 3 is 2.81 bits per heavy atom. The number of hydrogen-bond acceptors (Lipinski definition) is 4. The van der Waals surface area contributed by atoms with Crippen LogP contribution < -0.4 is 15.4 Å². The lowest BCUT2D eigenvalue weighted by molar-refractivity contribution is 0.317. The highest BCUT2D eigenvalue weighted by atomic mass is 16.5. The number of guanidine groups is 1. The third kappa shape index (κ3) is 6.43. The van der Waals surface area contributed by atoms with Gasteiger partial charge in [0.2, 0.25) is 0 Å². The highest BCUT2D eigenvalue weighted by Gasteiger charge is 2.08. The summed E-state index contributed by atoms with van der Waals surface area (Å²) >= 11 is 0. The number of aromatic nitrogens is 1. The van der Waals surface area contributed by atoms with E-state index in [1.807, 2.05) is 18.2 Å². The zero-order chi connectivity index (χ0) is 18.8. The molecule has 0 bridgehead atoms. The van der Waals surface area contributed by atoms with Crippen molar-refractivity contribution in [3.05, 3.63) is 47.3 Å². The molecule has 2 rings (SSSR count). The van der Waals surface area contributed by atoms with E-state index < -0.39 is 0 Å². The Morgan fingerprint density at radius 1 is 1.27 bits per heavy atom. The number of benzene rings is 1. The molecule has 0 aliphatic rings. The van der Waals surface area contributed by atoms with Crippen molar-refractivity contribution in [1.29, 1.82) is 0 Å². The summed E-state index contributed by atoms with van der Waals surface area (Å²) < 4.78 is 11.0. The first-order valence-corrected chi connectivity index (χ1v) is 9.24. The lowest BCUT2D eigenvalue weighted by Gasteiger charge is -2.11. The molecule has 1 aromatic heterocycles. The monoisotopic (exact) mass is 358 g/mol. The van der Waals surface area contributed by atoms with Crippen LogP contribution in [0.2, 0.25) is 0 Å². The van der Waals surface area contributed by atoms with Gasteiger partial charge >= 0.3 is 0 Å². The second-order valence-corrected chi connectivity index (χ2v) is 6.47. The van der Waals surface area contributed by atoms with Crippen molar-refractivity contribution in [2.45, 2.75) is 46.1 Å². The van der Waals surface area contributed by atoms with Crippen LogP contribution in [0.4, 0.5) is 0 Å². The molecule has 142 valence electrons. The van der Waals surface area contributed by atoms with Crippen molar-refractivity contribution >= 4 is 5.96 Å². The average Bonchev–Trinajstić information content (AvgIpc) is 3.12. The van der Waals surface area contributed by atoms with E-state index in [0.29, 0.717) is 12.5 Å². The van der Waals surface area contributed by atoms with E-state index in [-0.39, 0.29) is 0 Å². The Hall–Kier alpha value is -2.50. The molecule has 0 atom stereocenters. The maximum Gasteiger partial charge on any atom is 0.191 e. The summed E-state index contributed by atoms with van der Waals surface area (Å²) in [5.41, 5.74) is 2.20. The highest BCUT2D eigenvalue weighted by molar-refractivity contribution is 5.79. The van der Waals surface area contributed by atoms with Gasteiger partial charge in [-0.05, 0) is 36.5 Å². The molecule has 2 N–H and O–H groups in total. The van der Waals surface area contributed by atoms with Gasteiger partial charge in [-0.1, -0.05) is 38.1 Å². The van der Waals surface area contributed by atoms with Crippen LogP contribution in [0.3, 0.4) is 0 Å². The second kappa shape index (κ2) is 10.5. The zero-order valence-electron chi connectivity index (χ0n) is 16.2. The number of nitrogens with one attached hydrogen (secondary N) is 2. The molecule has 2 aromatic rings. The van der Waals surface area contributed by atoms with Crippen molar-refractivity contribution in [2.24, 2.45) is 4.99 Å². The summed E-state index contributed by atoms with van der Waals surface area (Å²) in [6.45, 7) is 8.38. The Morgan fingerprint density at radius 2 is 2.12 bits per heavy atom. The molecule has 0 saturated heterocycles. The molecule has 1 aromatic carbocycles. The molecule has 0 unspecified atom stereocenters. The minimum absolute atomic E-state index is 0.363. The van der Waals surface area contributed by atoms with E-state index in [4.69, 9.17) is 9.26 Å². The van der Waals surface area contributed by atoms with Gasteiger partial charge in [0.1, 0.15) is 5.75 Å². The van der Waals surface area contributed by atoms with Crippen LogP contribution in [-0.2, 0) is 13.0 Å². The molecular formula is C20H30N4O2. The van der Waals surface area contributed by atoms with Gasteiger partial charge in [-0.2, -0.15) is 0 Å². The molecular weight excluding hydrogens is 328 g/mol. The van der Waals surface area contributed by atoms with Crippen LogP contribution in [0, 0.1) is 0 Å². The normalized spacial score (nSPS) is 11.7. The predicted molar refractivity (Wildman–Crippen MR) is 105 cm³/mol. The van der Waals surface area contributed by atoms with Crippen LogP contribution in [-0.4, -0.2) is 31.3 Å². The molecule has 0 aliphatic heterocycles. The third-order valence-corrected chi connectivity index (χ3v) is 3.90. The maximum absolute atomic E-state index is 5.68. The van der Waals surface area contributed by atoms with Gasteiger partial charge in [0.05, 0.1) is 18.8 Å². The molecule has 6 nitrogen and oxygen atoms in total. The number of rotatable bonds is 9. The van der Waals surface area contributed by atoms with Crippen molar-refractivity contribution in [3.63, 3.8) is 0 Å². The smallest absolute Gasteiger partial charge is 0.191 e. The summed E-state index contributed by atoms with van der Waals surface area (Å²) in [5, 5.41) is 10.6. The van der Waals surface area contributed by atoms with E-state index in [2.05, 4.69) is 53.7 Å². The van der Waals surface area contributed by atoms with E-state index in [1.54, 1.807) is 7.05 Å². The summed E-state index contributed by atoms with van der Waals surface area (Å²) in [6.07, 6.45) is 1.90. The van der Waals surface area contributed by atoms with Crippen molar-refractivity contribution in [1.82, 2.24) is 15.8 Å². The molecule has 0 fully saturated rings. The van der Waals surface area contributed by atoms with Crippen LogP contribution in [0.15, 0.2) is 39.8 Å². The minimum Gasteiger partial charge on any atom is -0.494 e. The van der Waals surface area contributed by atoms with Crippen LogP contribution >= 0.6 is 0 Å². The van der Waals surface area contributed by atoms with Crippen molar-refractivity contribution in [3.8, 4) is 5.75 Å². The van der Waals surface area contributed by atoms with Gasteiger partial charge in [0, 0.05) is 19.7 Å². The topological polar surface area (TPSA) is 71.7 Å². The van der Waals surface area contributed by atoms with E-state index in [1.165, 1.54) is 5.56 Å². The van der Waals surface area contributed by atoms with Gasteiger partial charge in [0.25, 0.3) is 0 Å². The zero-order valence-corrected chi connectivity index (χ0v) is 16.2. The Kier molecular flexibility index (Phi) is 7.99. The minimum atomic E-state index is 0.363. The first-order valence-electron chi connectivity index (χ1n) is 9.24. The molecule has 0 spiro atoms. The lowest BCUT2D eigenvalue weighted by Crippen LogP contribution is -2.37. The molecule has 0 aliphatic carbocycles. The van der Waals surface area contributed by atoms with Crippen LogP contribution in [0.25, 0.3) is 0 Å². The van der Waals surface area contributed by atoms with Gasteiger partial charge in [-0.15, -0.1) is 0 Å². The quantitative estimate of drug-likeness (QED) is 0.530. The van der Waals surface area contributed by atoms with Crippen LogP contribution in [0.5, 0.6) is 5.75 Å². The predicted octanol–water partition coefficient (Wildman–Crippen LogP) is 3.49. The summed E-state index contributed by atoms with van der Waals surface area (Å²) in [6, 6.07) is 10.2. The molecule has 6 heteroatoms. The fraction of sp³-hybridized carbons (Fsp3) is 0.500. The summed E-state index contributed by atoms with van der Waals surface area (Å²) in [5.74, 6) is 2.84. The Labute approximate surface area is 156 Å². The van der Waals surface area contributed by atoms with Gasteiger partial charge in [-0.3, -0.25) is 4.99 Å². The number of hydrogen-bond donors (Lipinski definition) is 2. The summed E-state index contributed by atoms with van der Waals surface area (Å²) in [4.78, 5) is 4.24. The average molecular weight is 358 g/mol. The first-order chi connectivity index (χ1) is 12.6. The van der Waals surface area contributed by atoms with E-state index in [0.717, 1.165) is 49.2 Å². The van der Waals surface area contributed by atoms with Gasteiger partial charge < -0.3 is 19.9 Å². The van der Waals surface area contributed by atoms with Gasteiger partial charge in [0.15, 0.2) is 11.7 Å². The molecule has 0 saturated carbocycles. The van der Waals surface area contributed by atoms with E-state index >= 15 is 0 Å². The third-order valence-electron chi connectivity index (χ3n) is 3.90. The number of aliphatic imine (C=N–C) groups is 1. The first kappa shape index (κ1) is 19.8. The van der Waals surface area contributed by atoms with Crippen LogP contribution in [0.1, 0.15) is 50.1 Å². The standard InChI is InChI=1S/C20H30N4O2/c1-5-11-25-17-8-6-7-16(12-17)9-10-22-20(21-4)23-14-18-13-19(15(2)3)24-26-18/h6-8,12-13,15H,5,9-11,14H2,1-4H3,(H2,21,22,23). The number of nitrogens with zero attached hydrogens (tertiary/aromatic N) is 2. The fourth-order valence-electron chi connectivity index (χ4n) is 2.41. The molecule has 0 amide bonds. The Bertz CT molecular complexity index is 695. The van der Waals surface area contributed by atoms with Crippen molar-refractivity contribution in [2.75, 3.05) is 20.2 Å². The largest absolute Gasteiger partial charge is 0.494 e. The SMILES string of the molecule is CCCOc1cccc(CCNC(=NC)NCc2cc(C(C)C)no2)c1. The van der Waals surface area contributed by atoms with Gasteiger partial charge in [-0.25, -0.2) is 0 Å². The maximum atomic E-state index is 5.68. The Balaban J connectivity index is 1.76. The lowest BCUT2D eigenvalue weighted by atomic mass is 10.1. The highest BCUT2D eigenvalue weighted by Crippen LogP contribution is 2.14. The summed E-state index contributed by atoms with van der Waals surface area (Å²) in [7, 11) is 1.76. The second-order valence-electron chi connectivity index (χ2n) is 6.47. The van der Waals surface area contributed by atoms with Crippen molar-refractivity contribution < 1.29 is 9.26 Å². The molecule has 0 radical (unpaired) electrons.